The minimum absolute atomic E-state index is 0.637. The third-order valence-electron chi connectivity index (χ3n) is 21.4. The predicted molar refractivity (Wildman–Crippen MR) is 338 cm³/mol. The van der Waals surface area contributed by atoms with Crippen molar-refractivity contribution in [1.29, 1.82) is 0 Å². The van der Waals surface area contributed by atoms with Crippen molar-refractivity contribution in [2.24, 2.45) is 0 Å². The van der Waals surface area contributed by atoms with Crippen LogP contribution in [-0.4, -0.2) is 24.4 Å². The van der Waals surface area contributed by atoms with E-state index in [-0.39, 0.29) is 0 Å². The molecule has 10 heteroatoms. The Kier molecular flexibility index (Phi) is 9.29. The molecule has 3 spiro atoms. The molecule has 0 amide bonds. The van der Waals surface area contributed by atoms with Gasteiger partial charge in [0.2, 0.25) is 0 Å². The van der Waals surface area contributed by atoms with Crippen molar-refractivity contribution in [3.63, 3.8) is 0 Å². The third kappa shape index (κ3) is 5.89. The van der Waals surface area contributed by atoms with Crippen molar-refractivity contribution >= 4 is 66.4 Å². The summed E-state index contributed by atoms with van der Waals surface area (Å²) >= 11 is 0. The highest BCUT2D eigenvalue weighted by Gasteiger charge is 2.53. The number of fused-ring (bicyclic) bond motifs is 15. The molecule has 418 valence electrons. The van der Waals surface area contributed by atoms with Crippen LogP contribution in [0.5, 0.6) is 0 Å². The number of hydrogen-bond donors (Lipinski definition) is 6. The molecule has 10 nitrogen and oxygen atoms in total. The fourth-order valence-corrected chi connectivity index (χ4v) is 17.6. The summed E-state index contributed by atoms with van der Waals surface area (Å²) in [5.74, 6) is -3.63. The Bertz CT molecular complexity index is 4660. The van der Waals surface area contributed by atoms with E-state index in [1.54, 1.807) is 0 Å². The van der Waals surface area contributed by atoms with Crippen LogP contribution in [0.2, 0.25) is 0 Å². The fourth-order valence-electron chi connectivity index (χ4n) is 17.6. The van der Waals surface area contributed by atoms with Gasteiger partial charge in [-0.05, 0) is 108 Å². The standard InChI is InChI=1S/C77H52N6O4/c84-71-63(48-35-31-39-15-13-29-58-60(39)67(48)80-75(78-58)52-23-7-1-17-42(52)43-18-2-8-24-53(43)75)72(85)65(71)50-37-33-41-34-38-51(70-62(41)69(50)82-77(83-70)56-27-11-5-21-46(56)47-22-6-12-28-57(47)77)66-73(86)64(74(66)87)49-36-32-40-16-14-30-59-61(40)68(49)81-76(79-59)54-25-9-3-19-44(54)45-20-4-10-26-55(45)76/h1-38,63-66,71-74,78-83H/q-4. The molecule has 4 unspecified atom stereocenters. The van der Waals surface area contributed by atoms with Crippen molar-refractivity contribution < 1.29 is 20.4 Å². The highest BCUT2D eigenvalue weighted by molar-refractivity contribution is 6.12. The zero-order chi connectivity index (χ0) is 57.4. The van der Waals surface area contributed by atoms with Gasteiger partial charge in [0.15, 0.2) is 17.0 Å². The first kappa shape index (κ1) is 48.3. The van der Waals surface area contributed by atoms with Gasteiger partial charge in [0.1, 0.15) is 0 Å². The Labute approximate surface area is 500 Å². The van der Waals surface area contributed by atoms with Crippen molar-refractivity contribution in [2.45, 2.75) is 65.1 Å². The molecule has 3 heterocycles. The molecule has 0 saturated heterocycles. The number of nitrogens with one attached hydrogen (secondary N) is 6. The van der Waals surface area contributed by atoms with Crippen LogP contribution in [0.25, 0.3) is 65.7 Å². The highest BCUT2D eigenvalue weighted by Crippen LogP contribution is 2.63. The second kappa shape index (κ2) is 16.7. The molecule has 0 bridgehead atoms. The predicted octanol–water partition coefficient (Wildman–Crippen LogP) is 12.0. The molecular weight excluding hydrogens is 1070 g/mol. The minimum atomic E-state index is -1.32. The van der Waals surface area contributed by atoms with Gasteiger partial charge in [0.05, 0.1) is 0 Å². The molecule has 0 radical (unpaired) electrons. The van der Waals surface area contributed by atoms with Gasteiger partial charge in [-0.1, -0.05) is 218 Å². The van der Waals surface area contributed by atoms with E-state index in [4.69, 9.17) is 0 Å². The van der Waals surface area contributed by atoms with Crippen LogP contribution in [0.4, 0.5) is 34.1 Å². The summed E-state index contributed by atoms with van der Waals surface area (Å²) in [5, 5.41) is 92.5. The molecule has 12 aromatic rings. The number of rotatable bonds is 4. The van der Waals surface area contributed by atoms with Gasteiger partial charge in [-0.2, -0.15) is 0 Å². The summed E-state index contributed by atoms with van der Waals surface area (Å²) in [4.78, 5) is 0. The molecular formula is C77H52N6O4-4. The summed E-state index contributed by atoms with van der Waals surface area (Å²) < 4.78 is 0. The molecule has 20 rings (SSSR count). The first-order valence-electron chi connectivity index (χ1n) is 30.4. The first-order chi connectivity index (χ1) is 42.7. The Morgan fingerprint density at radius 1 is 0.230 bits per heavy atom. The van der Waals surface area contributed by atoms with Crippen LogP contribution in [0, 0.1) is 0 Å². The topological polar surface area (TPSA) is 164 Å². The maximum absolute atomic E-state index is 15.8. The van der Waals surface area contributed by atoms with Crippen molar-refractivity contribution in [3.8, 4) is 33.4 Å². The van der Waals surface area contributed by atoms with Crippen LogP contribution < -0.4 is 52.3 Å². The lowest BCUT2D eigenvalue weighted by molar-refractivity contribution is -0.536. The quantitative estimate of drug-likeness (QED) is 0.0999. The van der Waals surface area contributed by atoms with E-state index in [0.29, 0.717) is 22.5 Å². The lowest BCUT2D eigenvalue weighted by atomic mass is 9.61. The van der Waals surface area contributed by atoms with E-state index in [2.05, 4.69) is 190 Å². The summed E-state index contributed by atoms with van der Waals surface area (Å²) in [6.07, 6.45) is -5.27. The van der Waals surface area contributed by atoms with Gasteiger partial charge in [-0.25, -0.2) is 0 Å². The Balaban J connectivity index is 0.720. The molecule has 4 atom stereocenters. The molecule has 6 N–H and O–H groups in total. The van der Waals surface area contributed by atoms with Gasteiger partial charge < -0.3 is 52.3 Å². The summed E-state index contributed by atoms with van der Waals surface area (Å²) in [6.45, 7) is 0. The second-order valence-corrected chi connectivity index (χ2v) is 25.3. The van der Waals surface area contributed by atoms with Crippen LogP contribution in [0.15, 0.2) is 231 Å². The van der Waals surface area contributed by atoms with Crippen LogP contribution in [0.1, 0.15) is 79.3 Å². The maximum atomic E-state index is 15.8. The molecule has 8 aliphatic rings. The zero-order valence-corrected chi connectivity index (χ0v) is 46.7. The van der Waals surface area contributed by atoms with Gasteiger partial charge >= 0.3 is 0 Å². The van der Waals surface area contributed by atoms with E-state index in [1.807, 2.05) is 72.8 Å². The molecule has 2 saturated carbocycles. The summed E-state index contributed by atoms with van der Waals surface area (Å²) in [5.41, 5.74) is 17.5. The maximum Gasteiger partial charge on any atom is 0.162 e. The highest BCUT2D eigenvalue weighted by atomic mass is 16.3. The fraction of sp³-hybridized carbons (Fsp3) is 0.143. The monoisotopic (exact) mass is 1120 g/mol. The van der Waals surface area contributed by atoms with Crippen molar-refractivity contribution in [1.82, 2.24) is 0 Å². The number of benzene rings is 12. The van der Waals surface area contributed by atoms with E-state index >= 15 is 20.4 Å². The average Bonchev–Trinajstić information content (AvgIpc) is 1.73. The van der Waals surface area contributed by atoms with E-state index in [9.17, 15) is 0 Å². The molecule has 87 heavy (non-hydrogen) atoms. The largest absolute Gasteiger partial charge is 0.851 e. The lowest BCUT2D eigenvalue weighted by Crippen LogP contribution is -2.64. The van der Waals surface area contributed by atoms with Crippen molar-refractivity contribution in [2.75, 3.05) is 31.9 Å². The van der Waals surface area contributed by atoms with E-state index in [0.717, 1.165) is 133 Å². The molecule has 2 fully saturated rings. The molecule has 12 aromatic carbocycles. The van der Waals surface area contributed by atoms with Gasteiger partial charge in [-0.15, -0.1) is 24.4 Å². The van der Waals surface area contributed by atoms with Crippen molar-refractivity contribution in [3.05, 3.63) is 286 Å². The first-order valence-corrected chi connectivity index (χ1v) is 30.4. The van der Waals surface area contributed by atoms with Gasteiger partial charge in [0.25, 0.3) is 0 Å². The van der Waals surface area contributed by atoms with Gasteiger partial charge in [0, 0.05) is 83.7 Å². The molecule has 3 aliphatic heterocycles. The SMILES string of the molecule is [O-]C1C(c2ccc3cccc4c3c2NC2(N4)c3ccccc3-c3ccccc32)C([O-])C1c1ccc2ccc(C3C([O-])C(c4ccc5cccc6c5c4NC4(N6)c5ccccc5-c5ccccc54)C3[O-])c3c2c1NC1(N3)c2ccccc2-c2ccccc21. The smallest absolute Gasteiger partial charge is 0.162 e. The molecule has 5 aliphatic carbocycles. The number of hydrogen-bond acceptors (Lipinski definition) is 10. The zero-order valence-electron chi connectivity index (χ0n) is 46.7. The van der Waals surface area contributed by atoms with Crippen LogP contribution in [-0.2, 0) is 17.0 Å². The number of anilines is 6. The van der Waals surface area contributed by atoms with E-state index in [1.165, 1.54) is 0 Å². The van der Waals surface area contributed by atoms with E-state index < -0.39 is 65.1 Å². The van der Waals surface area contributed by atoms with Gasteiger partial charge in [-0.3, -0.25) is 0 Å². The Hall–Kier alpha value is -9.94. The average molecular weight is 1130 g/mol. The van der Waals surface area contributed by atoms with Crippen LogP contribution >= 0.6 is 0 Å². The summed E-state index contributed by atoms with van der Waals surface area (Å²) in [6, 6.07) is 78.9. The minimum Gasteiger partial charge on any atom is -0.851 e. The lowest BCUT2D eigenvalue weighted by Gasteiger charge is -2.63. The third-order valence-corrected chi connectivity index (χ3v) is 21.4. The van der Waals surface area contributed by atoms with Crippen LogP contribution in [0.3, 0.4) is 0 Å². The normalized spacial score (nSPS) is 23.8. The Morgan fingerprint density at radius 2 is 0.471 bits per heavy atom. The second-order valence-electron chi connectivity index (χ2n) is 25.3. The Morgan fingerprint density at radius 3 is 0.759 bits per heavy atom. The summed E-state index contributed by atoms with van der Waals surface area (Å²) in [7, 11) is 0. The molecule has 0 aromatic heterocycles.